The first-order chi connectivity index (χ1) is 13.7. The first-order valence-electron chi connectivity index (χ1n) is 10.1. The quantitative estimate of drug-likeness (QED) is 0.336. The molecular weight excluding hydrogens is 427 g/mol. The molecule has 2 rings (SSSR count). The molecule has 0 fully saturated rings. The van der Waals surface area contributed by atoms with Gasteiger partial charge in [-0.15, -0.1) is 11.6 Å². The van der Waals surface area contributed by atoms with Gasteiger partial charge in [0.05, 0.1) is 23.3 Å². The van der Waals surface area contributed by atoms with Gasteiger partial charge in [-0.25, -0.2) is 0 Å². The number of alkyl halides is 1. The number of ether oxygens (including phenoxy) is 2. The highest BCUT2D eigenvalue weighted by Crippen LogP contribution is 2.38. The Morgan fingerprint density at radius 2 is 1.28 bits per heavy atom. The molecule has 0 aliphatic rings. The fraction of sp³-hybridized carbons (Fsp3) is 0.500. The highest BCUT2D eigenvalue weighted by atomic mass is 35.5. The van der Waals surface area contributed by atoms with Crippen molar-refractivity contribution in [2.24, 2.45) is 11.8 Å². The second-order valence-corrected chi connectivity index (χ2v) is 9.43. The lowest BCUT2D eigenvalue weighted by atomic mass is 9.78. The van der Waals surface area contributed by atoms with Gasteiger partial charge >= 0.3 is 0 Å². The van der Waals surface area contributed by atoms with Crippen molar-refractivity contribution in [3.8, 4) is 11.5 Å². The summed E-state index contributed by atoms with van der Waals surface area (Å²) in [5.74, 6) is 2.72. The van der Waals surface area contributed by atoms with E-state index in [0.29, 0.717) is 40.8 Å². The van der Waals surface area contributed by atoms with Crippen LogP contribution in [0.3, 0.4) is 0 Å². The first kappa shape index (κ1) is 24.2. The van der Waals surface area contributed by atoms with Crippen LogP contribution in [0, 0.1) is 11.8 Å². The number of benzene rings is 2. The van der Waals surface area contributed by atoms with E-state index in [1.807, 2.05) is 37.3 Å². The monoisotopic (exact) mass is 456 g/mol. The topological polar surface area (TPSA) is 18.5 Å². The van der Waals surface area contributed by atoms with Gasteiger partial charge in [0, 0.05) is 17.2 Å². The van der Waals surface area contributed by atoms with E-state index in [4.69, 9.17) is 44.3 Å². The molecule has 2 nitrogen and oxygen atoms in total. The molecule has 5 heteroatoms. The van der Waals surface area contributed by atoms with Gasteiger partial charge in [0.25, 0.3) is 0 Å². The molecule has 0 aliphatic carbocycles. The van der Waals surface area contributed by atoms with Crippen LogP contribution >= 0.6 is 34.8 Å². The summed E-state index contributed by atoms with van der Waals surface area (Å²) in [5, 5.41) is 1.22. The fourth-order valence-corrected chi connectivity index (χ4v) is 3.37. The minimum Gasteiger partial charge on any atom is -0.492 e. The molecule has 2 atom stereocenters. The minimum absolute atomic E-state index is 0.270. The average molecular weight is 458 g/mol. The summed E-state index contributed by atoms with van der Waals surface area (Å²) in [6, 6.07) is 11.9. The number of halogens is 3. The molecule has 0 radical (unpaired) electrons. The molecular formula is C24H31Cl3O2. The molecule has 160 valence electrons. The number of rotatable bonds is 10. The predicted molar refractivity (Wildman–Crippen MR) is 125 cm³/mol. The number of hydrogen-bond acceptors (Lipinski definition) is 2. The van der Waals surface area contributed by atoms with Crippen LogP contribution in [0.4, 0.5) is 0 Å². The maximum atomic E-state index is 6.51. The van der Waals surface area contributed by atoms with Crippen LogP contribution in [0.1, 0.15) is 52.2 Å². The molecule has 2 aromatic rings. The summed E-state index contributed by atoms with van der Waals surface area (Å²) in [6.45, 7) is 11.9. The molecule has 29 heavy (non-hydrogen) atoms. The second kappa shape index (κ2) is 10.8. The van der Waals surface area contributed by atoms with E-state index in [2.05, 4.69) is 33.8 Å². The van der Waals surface area contributed by atoms with Crippen LogP contribution in [0.2, 0.25) is 10.0 Å². The highest BCUT2D eigenvalue weighted by molar-refractivity contribution is 6.32. The molecule has 0 saturated heterocycles. The smallest absolute Gasteiger partial charge is 0.137 e. The normalized spacial score (nSPS) is 13.8. The second-order valence-electron chi connectivity index (χ2n) is 8.31. The first-order valence-corrected chi connectivity index (χ1v) is 11.4. The van der Waals surface area contributed by atoms with Crippen LogP contribution in [-0.4, -0.2) is 19.1 Å². The Kier molecular flexibility index (Phi) is 9.00. The third-order valence-corrected chi connectivity index (χ3v) is 6.43. The standard InChI is InChI=1S/C24H31Cl3O2/c1-6-16(2)14-28-22-9-7-18(11-20(22)26)24(4,5)19-8-10-23(21(27)12-19)29-15-17(3)13-25/h7-12,16-17H,6,13-15H2,1-5H3/t16-,17-/m1/s1. The van der Waals surface area contributed by atoms with Gasteiger partial charge in [-0.2, -0.15) is 0 Å². The average Bonchev–Trinajstić information content (AvgIpc) is 2.71. The van der Waals surface area contributed by atoms with Gasteiger partial charge in [0.1, 0.15) is 11.5 Å². The number of hydrogen-bond donors (Lipinski definition) is 0. The van der Waals surface area contributed by atoms with Crippen molar-refractivity contribution in [2.45, 2.75) is 46.5 Å². The van der Waals surface area contributed by atoms with Crippen molar-refractivity contribution in [1.29, 1.82) is 0 Å². The van der Waals surface area contributed by atoms with E-state index >= 15 is 0 Å². The van der Waals surface area contributed by atoms with Gasteiger partial charge in [0.15, 0.2) is 0 Å². The lowest BCUT2D eigenvalue weighted by molar-refractivity contribution is 0.256. The minimum atomic E-state index is -0.273. The molecule has 0 N–H and O–H groups in total. The zero-order valence-corrected chi connectivity index (χ0v) is 20.2. The van der Waals surface area contributed by atoms with E-state index in [0.717, 1.165) is 23.3 Å². The Bertz CT molecular complexity index is 739. The van der Waals surface area contributed by atoms with Crippen LogP contribution in [0.5, 0.6) is 11.5 Å². The molecule has 0 aliphatic heterocycles. The fourth-order valence-electron chi connectivity index (χ4n) is 2.81. The third kappa shape index (κ3) is 6.44. The van der Waals surface area contributed by atoms with E-state index in [1.165, 1.54) is 0 Å². The van der Waals surface area contributed by atoms with Gasteiger partial charge in [-0.3, -0.25) is 0 Å². The van der Waals surface area contributed by atoms with Crippen molar-refractivity contribution in [2.75, 3.05) is 19.1 Å². The van der Waals surface area contributed by atoms with Crippen LogP contribution in [-0.2, 0) is 5.41 Å². The van der Waals surface area contributed by atoms with Crippen LogP contribution < -0.4 is 9.47 Å². The van der Waals surface area contributed by atoms with E-state index in [-0.39, 0.29) is 11.3 Å². The zero-order valence-electron chi connectivity index (χ0n) is 17.9. The van der Waals surface area contributed by atoms with Crippen molar-refractivity contribution in [3.05, 3.63) is 57.6 Å². The summed E-state index contributed by atoms with van der Waals surface area (Å²) < 4.78 is 11.7. The van der Waals surface area contributed by atoms with Crippen molar-refractivity contribution < 1.29 is 9.47 Å². The van der Waals surface area contributed by atoms with E-state index < -0.39 is 0 Å². The Labute approximate surface area is 190 Å². The highest BCUT2D eigenvalue weighted by Gasteiger charge is 2.25. The Hall–Kier alpha value is -1.09. The maximum Gasteiger partial charge on any atom is 0.137 e. The van der Waals surface area contributed by atoms with Gasteiger partial charge in [-0.05, 0) is 41.3 Å². The van der Waals surface area contributed by atoms with E-state index in [1.54, 1.807) is 0 Å². The zero-order chi connectivity index (χ0) is 21.6. The van der Waals surface area contributed by atoms with Gasteiger partial charge < -0.3 is 9.47 Å². The molecule has 0 unspecified atom stereocenters. The SMILES string of the molecule is CC[C@@H](C)COc1ccc(C(C)(C)c2ccc(OC[C@H](C)CCl)c(Cl)c2)cc1Cl. The molecule has 0 heterocycles. The maximum absolute atomic E-state index is 6.51. The summed E-state index contributed by atoms with van der Waals surface area (Å²) >= 11 is 18.8. The Balaban J connectivity index is 2.19. The predicted octanol–water partition coefficient (Wildman–Crippen LogP) is 8.00. The summed E-state index contributed by atoms with van der Waals surface area (Å²) in [7, 11) is 0. The summed E-state index contributed by atoms with van der Waals surface area (Å²) in [6.07, 6.45) is 1.08. The van der Waals surface area contributed by atoms with Gasteiger partial charge in [-0.1, -0.05) is 76.4 Å². The van der Waals surface area contributed by atoms with E-state index in [9.17, 15) is 0 Å². The summed E-state index contributed by atoms with van der Waals surface area (Å²) in [5.41, 5.74) is 1.91. The van der Waals surface area contributed by atoms with Crippen LogP contribution in [0.15, 0.2) is 36.4 Å². The lowest BCUT2D eigenvalue weighted by Gasteiger charge is -2.27. The molecule has 0 saturated carbocycles. The summed E-state index contributed by atoms with van der Waals surface area (Å²) in [4.78, 5) is 0. The third-order valence-electron chi connectivity index (χ3n) is 5.31. The molecule has 0 aromatic heterocycles. The lowest BCUT2D eigenvalue weighted by Crippen LogP contribution is -2.19. The Morgan fingerprint density at radius 3 is 1.66 bits per heavy atom. The van der Waals surface area contributed by atoms with Crippen molar-refractivity contribution >= 4 is 34.8 Å². The van der Waals surface area contributed by atoms with Gasteiger partial charge in [0.2, 0.25) is 0 Å². The van der Waals surface area contributed by atoms with Crippen molar-refractivity contribution in [1.82, 2.24) is 0 Å². The van der Waals surface area contributed by atoms with Crippen LogP contribution in [0.25, 0.3) is 0 Å². The largest absolute Gasteiger partial charge is 0.492 e. The molecule has 0 spiro atoms. The molecule has 0 amide bonds. The van der Waals surface area contributed by atoms with Crippen molar-refractivity contribution in [3.63, 3.8) is 0 Å². The molecule has 0 bridgehead atoms. The molecule has 2 aromatic carbocycles. The Morgan fingerprint density at radius 1 is 0.828 bits per heavy atom.